The van der Waals surface area contributed by atoms with E-state index in [2.05, 4.69) is 27.6 Å². The van der Waals surface area contributed by atoms with Gasteiger partial charge in [0.15, 0.2) is 5.16 Å². The molecule has 0 fully saturated rings. The Kier molecular flexibility index (Phi) is 6.07. The van der Waals surface area contributed by atoms with Crippen LogP contribution in [0.5, 0.6) is 0 Å². The van der Waals surface area contributed by atoms with Crippen molar-refractivity contribution in [1.82, 2.24) is 20.1 Å². The lowest BCUT2D eigenvalue weighted by Gasteiger charge is -2.14. The Morgan fingerprint density at radius 2 is 1.73 bits per heavy atom. The topological polar surface area (TPSA) is 59.8 Å². The van der Waals surface area contributed by atoms with Crippen LogP contribution in [0.15, 0.2) is 65.8 Å². The number of amides is 1. The number of nitrogens with zero attached hydrogens (tertiary/aromatic N) is 3. The molecule has 134 valence electrons. The molecule has 1 atom stereocenters. The van der Waals surface area contributed by atoms with E-state index < -0.39 is 0 Å². The molecule has 1 heterocycles. The fourth-order valence-electron chi connectivity index (χ4n) is 2.65. The maximum Gasteiger partial charge on any atom is 0.230 e. The van der Waals surface area contributed by atoms with Crippen molar-refractivity contribution in [3.05, 3.63) is 77.6 Å². The summed E-state index contributed by atoms with van der Waals surface area (Å²) in [7, 11) is 0. The zero-order valence-corrected chi connectivity index (χ0v) is 15.7. The Labute approximate surface area is 157 Å². The fourth-order valence-corrected chi connectivity index (χ4v) is 3.45. The highest BCUT2D eigenvalue weighted by atomic mass is 32.2. The fraction of sp³-hybridized carbons (Fsp3) is 0.250. The first-order valence-corrected chi connectivity index (χ1v) is 9.53. The molecule has 1 amide bonds. The van der Waals surface area contributed by atoms with Crippen molar-refractivity contribution in [2.24, 2.45) is 0 Å². The molecule has 1 aromatic heterocycles. The normalized spacial score (nSPS) is 11.9. The molecule has 0 aliphatic carbocycles. The highest BCUT2D eigenvalue weighted by molar-refractivity contribution is 7.99. The number of nitrogens with one attached hydrogen (secondary N) is 1. The number of thioether (sulfide) groups is 1. The van der Waals surface area contributed by atoms with Gasteiger partial charge >= 0.3 is 0 Å². The molecule has 1 N–H and O–H groups in total. The van der Waals surface area contributed by atoms with Crippen molar-refractivity contribution in [2.45, 2.75) is 31.6 Å². The first kappa shape index (κ1) is 18.2. The number of hydrogen-bond acceptors (Lipinski definition) is 4. The minimum absolute atomic E-state index is 0.0155. The van der Waals surface area contributed by atoms with Crippen molar-refractivity contribution in [3.8, 4) is 0 Å². The molecule has 3 rings (SSSR count). The Hall–Kier alpha value is -2.60. The Morgan fingerprint density at radius 1 is 1.08 bits per heavy atom. The van der Waals surface area contributed by atoms with Crippen LogP contribution >= 0.6 is 11.8 Å². The second-order valence-corrected chi connectivity index (χ2v) is 7.03. The van der Waals surface area contributed by atoms with Gasteiger partial charge in [0.1, 0.15) is 5.82 Å². The second-order valence-electron chi connectivity index (χ2n) is 6.09. The van der Waals surface area contributed by atoms with Crippen molar-refractivity contribution >= 4 is 17.7 Å². The molecule has 26 heavy (non-hydrogen) atoms. The number of aryl methyl sites for hydroxylation is 1. The van der Waals surface area contributed by atoms with Crippen LogP contribution in [0.4, 0.5) is 0 Å². The summed E-state index contributed by atoms with van der Waals surface area (Å²) in [6, 6.07) is 20.1. The van der Waals surface area contributed by atoms with Crippen LogP contribution in [-0.2, 0) is 11.3 Å². The van der Waals surface area contributed by atoms with E-state index in [4.69, 9.17) is 0 Å². The molecule has 0 aliphatic heterocycles. The van der Waals surface area contributed by atoms with Gasteiger partial charge in [0, 0.05) is 0 Å². The molecule has 3 aromatic rings. The van der Waals surface area contributed by atoms with Gasteiger partial charge < -0.3 is 9.88 Å². The third-order valence-electron chi connectivity index (χ3n) is 4.09. The maximum absolute atomic E-state index is 12.3. The minimum Gasteiger partial charge on any atom is -0.349 e. The van der Waals surface area contributed by atoms with Gasteiger partial charge in [-0.3, -0.25) is 4.79 Å². The first-order chi connectivity index (χ1) is 12.6. The van der Waals surface area contributed by atoms with Gasteiger partial charge in [-0.15, -0.1) is 10.2 Å². The van der Waals surface area contributed by atoms with Crippen LogP contribution in [0, 0.1) is 6.92 Å². The van der Waals surface area contributed by atoms with E-state index in [1.165, 1.54) is 17.3 Å². The summed E-state index contributed by atoms with van der Waals surface area (Å²) < 4.78 is 2.04. The van der Waals surface area contributed by atoms with E-state index in [-0.39, 0.29) is 11.9 Å². The molecular weight excluding hydrogens is 344 g/mol. The molecule has 0 saturated heterocycles. The molecule has 0 bridgehead atoms. The molecule has 5 nitrogen and oxygen atoms in total. The minimum atomic E-state index is -0.0202. The highest BCUT2D eigenvalue weighted by Crippen LogP contribution is 2.19. The number of carbonyl (C=O) groups excluding carboxylic acids is 1. The summed E-state index contributed by atoms with van der Waals surface area (Å²) >= 11 is 1.41. The number of carbonyl (C=O) groups is 1. The van der Waals surface area contributed by atoms with E-state index in [1.807, 2.05) is 66.9 Å². The summed E-state index contributed by atoms with van der Waals surface area (Å²) in [6.45, 7) is 4.61. The number of hydrogen-bond donors (Lipinski definition) is 1. The average Bonchev–Trinajstić information content (AvgIpc) is 3.01. The largest absolute Gasteiger partial charge is 0.349 e. The zero-order chi connectivity index (χ0) is 18.4. The lowest BCUT2D eigenvalue weighted by Crippen LogP contribution is -2.28. The predicted octanol–water partition coefficient (Wildman–Crippen LogP) is 3.60. The van der Waals surface area contributed by atoms with Gasteiger partial charge in [-0.05, 0) is 25.0 Å². The summed E-state index contributed by atoms with van der Waals surface area (Å²) in [5.74, 6) is 1.14. The third-order valence-corrected chi connectivity index (χ3v) is 5.06. The third kappa shape index (κ3) is 4.73. The number of aromatic nitrogens is 3. The van der Waals surface area contributed by atoms with Crippen molar-refractivity contribution in [3.63, 3.8) is 0 Å². The van der Waals surface area contributed by atoms with Crippen LogP contribution in [0.25, 0.3) is 0 Å². The molecule has 6 heteroatoms. The molecule has 0 spiro atoms. The lowest BCUT2D eigenvalue weighted by atomic mass is 10.1. The Morgan fingerprint density at radius 3 is 2.42 bits per heavy atom. The summed E-state index contributed by atoms with van der Waals surface area (Å²) in [6.07, 6.45) is 0. The molecule has 2 aromatic carbocycles. The standard InChI is InChI=1S/C20H22N4OS/c1-15(18-11-7-4-8-12-18)21-19(25)14-26-20-23-22-16(2)24(20)13-17-9-5-3-6-10-17/h3-12,15H,13-14H2,1-2H3,(H,21,25)/t15-/m1/s1. The van der Waals surface area contributed by atoms with E-state index in [0.29, 0.717) is 12.3 Å². The van der Waals surface area contributed by atoms with Gasteiger partial charge in [0.2, 0.25) is 5.91 Å². The van der Waals surface area contributed by atoms with Crippen LogP contribution in [0.2, 0.25) is 0 Å². The Bertz CT molecular complexity index is 849. The summed E-state index contributed by atoms with van der Waals surface area (Å²) in [5.41, 5.74) is 2.27. The van der Waals surface area contributed by atoms with E-state index in [1.54, 1.807) is 0 Å². The zero-order valence-electron chi connectivity index (χ0n) is 14.9. The first-order valence-electron chi connectivity index (χ1n) is 8.54. The van der Waals surface area contributed by atoms with E-state index >= 15 is 0 Å². The number of rotatable bonds is 7. The second kappa shape index (κ2) is 8.67. The van der Waals surface area contributed by atoms with Crippen molar-refractivity contribution in [2.75, 3.05) is 5.75 Å². The molecular formula is C20H22N4OS. The summed E-state index contributed by atoms with van der Waals surface area (Å²) in [5, 5.41) is 12.2. The summed E-state index contributed by atoms with van der Waals surface area (Å²) in [4.78, 5) is 12.3. The number of benzene rings is 2. The predicted molar refractivity (Wildman–Crippen MR) is 104 cm³/mol. The van der Waals surface area contributed by atoms with Crippen molar-refractivity contribution < 1.29 is 4.79 Å². The van der Waals surface area contributed by atoms with Crippen molar-refractivity contribution in [1.29, 1.82) is 0 Å². The quantitative estimate of drug-likeness (QED) is 0.649. The van der Waals surface area contributed by atoms with E-state index in [9.17, 15) is 4.79 Å². The van der Waals surface area contributed by atoms with Gasteiger partial charge in [-0.2, -0.15) is 0 Å². The maximum atomic E-state index is 12.3. The van der Waals surface area contributed by atoms with Gasteiger partial charge in [0.25, 0.3) is 0 Å². The van der Waals surface area contributed by atoms with Crippen LogP contribution in [0.1, 0.15) is 29.9 Å². The van der Waals surface area contributed by atoms with Crippen LogP contribution in [-0.4, -0.2) is 26.4 Å². The van der Waals surface area contributed by atoms with E-state index in [0.717, 1.165) is 16.5 Å². The average molecular weight is 366 g/mol. The van der Waals surface area contributed by atoms with Crippen LogP contribution < -0.4 is 5.32 Å². The molecule has 0 saturated carbocycles. The molecule has 0 radical (unpaired) electrons. The Balaban J connectivity index is 1.59. The SMILES string of the molecule is Cc1nnc(SCC(=O)N[C@H](C)c2ccccc2)n1Cc1ccccc1. The smallest absolute Gasteiger partial charge is 0.230 e. The van der Waals surface area contributed by atoms with Crippen LogP contribution in [0.3, 0.4) is 0 Å². The van der Waals surface area contributed by atoms with Gasteiger partial charge in [0.05, 0.1) is 18.3 Å². The monoisotopic (exact) mass is 366 g/mol. The molecule has 0 aliphatic rings. The highest BCUT2D eigenvalue weighted by Gasteiger charge is 2.14. The van der Waals surface area contributed by atoms with Gasteiger partial charge in [-0.1, -0.05) is 72.4 Å². The molecule has 0 unspecified atom stereocenters. The van der Waals surface area contributed by atoms with Gasteiger partial charge in [-0.25, -0.2) is 0 Å². The lowest BCUT2D eigenvalue weighted by molar-refractivity contribution is -0.119.